The van der Waals surface area contributed by atoms with Gasteiger partial charge in [0.1, 0.15) is 6.33 Å². The van der Waals surface area contributed by atoms with Crippen LogP contribution in [0.4, 0.5) is 0 Å². The third-order valence-electron chi connectivity index (χ3n) is 5.67. The minimum Gasteiger partial charge on any atom is -0.354 e. The van der Waals surface area contributed by atoms with Gasteiger partial charge in [-0.15, -0.1) is 5.10 Å². The molecule has 1 aromatic carbocycles. The molecule has 0 spiro atoms. The minimum absolute atomic E-state index is 0.0866. The number of benzene rings is 1. The van der Waals surface area contributed by atoms with Crippen molar-refractivity contribution < 1.29 is 4.79 Å². The van der Waals surface area contributed by atoms with Gasteiger partial charge in [-0.2, -0.15) is 0 Å². The van der Waals surface area contributed by atoms with Crippen molar-refractivity contribution in [2.24, 2.45) is 5.92 Å². The fraction of sp³-hybridized carbons (Fsp3) is 0.600. The van der Waals surface area contributed by atoms with Crippen LogP contribution in [0.2, 0.25) is 5.02 Å². The topological polar surface area (TPSA) is 75.9 Å². The zero-order valence-corrected chi connectivity index (χ0v) is 17.3. The average molecular weight is 405 g/mol. The molecule has 7 nitrogen and oxygen atoms in total. The first kappa shape index (κ1) is 20.7. The molecule has 1 fully saturated rings. The van der Waals surface area contributed by atoms with Gasteiger partial charge in [-0.3, -0.25) is 9.69 Å². The number of tetrazole rings is 1. The third kappa shape index (κ3) is 5.29. The molecule has 2 heterocycles. The second-order valence-corrected chi connectivity index (χ2v) is 7.94. The van der Waals surface area contributed by atoms with Gasteiger partial charge in [0.05, 0.1) is 12.1 Å². The summed E-state index contributed by atoms with van der Waals surface area (Å²) < 4.78 is 1.78. The van der Waals surface area contributed by atoms with E-state index in [0.717, 1.165) is 49.4 Å². The quantitative estimate of drug-likeness (QED) is 0.695. The van der Waals surface area contributed by atoms with Crippen LogP contribution in [0, 0.1) is 5.92 Å². The van der Waals surface area contributed by atoms with E-state index in [-0.39, 0.29) is 18.0 Å². The van der Waals surface area contributed by atoms with Crippen LogP contribution < -0.4 is 5.32 Å². The summed E-state index contributed by atoms with van der Waals surface area (Å²) in [5.74, 6) is 0.679. The summed E-state index contributed by atoms with van der Waals surface area (Å²) in [5.41, 5.74) is 1.12. The van der Waals surface area contributed by atoms with Crippen LogP contribution in [0.1, 0.15) is 44.7 Å². The normalized spacial score (nSPS) is 20.0. The number of halogens is 1. The Morgan fingerprint density at radius 2 is 2.18 bits per heavy atom. The van der Waals surface area contributed by atoms with Crippen molar-refractivity contribution in [1.29, 1.82) is 0 Å². The van der Waals surface area contributed by atoms with E-state index in [1.165, 1.54) is 0 Å². The number of hydrogen-bond donors (Lipinski definition) is 1. The highest BCUT2D eigenvalue weighted by molar-refractivity contribution is 6.30. The number of hydrogen-bond acceptors (Lipinski definition) is 5. The van der Waals surface area contributed by atoms with Gasteiger partial charge in [0.2, 0.25) is 5.91 Å². The van der Waals surface area contributed by atoms with Gasteiger partial charge in [-0.25, -0.2) is 4.68 Å². The molecule has 2 aromatic rings. The van der Waals surface area contributed by atoms with Crippen molar-refractivity contribution in [2.75, 3.05) is 19.6 Å². The van der Waals surface area contributed by atoms with Crippen molar-refractivity contribution in [1.82, 2.24) is 30.4 Å². The highest BCUT2D eigenvalue weighted by atomic mass is 35.5. The second kappa shape index (κ2) is 9.98. The summed E-state index contributed by atoms with van der Waals surface area (Å²) >= 11 is 6.04. The molecule has 1 aromatic heterocycles. The van der Waals surface area contributed by atoms with E-state index in [0.29, 0.717) is 12.5 Å². The number of amides is 1. The van der Waals surface area contributed by atoms with Crippen molar-refractivity contribution in [3.05, 3.63) is 41.2 Å². The Bertz CT molecular complexity index is 749. The van der Waals surface area contributed by atoms with Gasteiger partial charge in [0, 0.05) is 24.7 Å². The van der Waals surface area contributed by atoms with Crippen molar-refractivity contribution in [3.63, 3.8) is 0 Å². The molecular formula is C20H29ClN6O. The molecule has 1 saturated heterocycles. The molecule has 1 N–H and O–H groups in total. The Kier molecular flexibility index (Phi) is 7.39. The van der Waals surface area contributed by atoms with E-state index >= 15 is 0 Å². The Balaban J connectivity index is 1.60. The van der Waals surface area contributed by atoms with Crippen molar-refractivity contribution in [2.45, 2.75) is 51.6 Å². The molecule has 3 rings (SSSR count). The van der Waals surface area contributed by atoms with E-state index in [9.17, 15) is 4.79 Å². The van der Waals surface area contributed by atoms with Gasteiger partial charge in [-0.05, 0) is 46.9 Å². The maximum Gasteiger partial charge on any atom is 0.237 e. The molecule has 2 atom stereocenters. The summed E-state index contributed by atoms with van der Waals surface area (Å²) in [4.78, 5) is 15.3. The average Bonchev–Trinajstić information content (AvgIpc) is 3.36. The largest absolute Gasteiger partial charge is 0.354 e. The number of nitrogens with zero attached hydrogens (tertiary/aromatic N) is 5. The molecule has 1 aliphatic heterocycles. The standard InChI is InChI=1S/C20H29ClN6O/c1-3-15(4-2)12-26-13-18(27-14-23-24-25-27)11-19(26)20(28)22-9-8-16-6-5-7-17(21)10-16/h5-7,10,14-15,18-19H,3-4,8-9,11-13H2,1-2H3,(H,22,28)/t18-,19+/m1/s1. The number of nitrogens with one attached hydrogen (secondary N) is 1. The van der Waals surface area contributed by atoms with E-state index in [4.69, 9.17) is 11.6 Å². The molecular weight excluding hydrogens is 376 g/mol. The van der Waals surface area contributed by atoms with Gasteiger partial charge < -0.3 is 5.32 Å². The molecule has 0 radical (unpaired) electrons. The predicted octanol–water partition coefficient (Wildman–Crippen LogP) is 2.74. The molecule has 0 unspecified atom stereocenters. The molecule has 0 bridgehead atoms. The summed E-state index contributed by atoms with van der Waals surface area (Å²) in [7, 11) is 0. The van der Waals surface area contributed by atoms with Gasteiger partial charge >= 0.3 is 0 Å². The molecule has 28 heavy (non-hydrogen) atoms. The molecule has 1 amide bonds. The first-order valence-electron chi connectivity index (χ1n) is 10.1. The number of rotatable bonds is 9. The highest BCUT2D eigenvalue weighted by Crippen LogP contribution is 2.28. The summed E-state index contributed by atoms with van der Waals surface area (Å²) in [6, 6.07) is 7.75. The Morgan fingerprint density at radius 3 is 2.86 bits per heavy atom. The summed E-state index contributed by atoms with van der Waals surface area (Å²) in [6.45, 7) is 6.75. The molecule has 0 saturated carbocycles. The first-order chi connectivity index (χ1) is 13.6. The summed E-state index contributed by atoms with van der Waals surface area (Å²) in [6.07, 6.45) is 5.37. The Labute approximate surface area is 171 Å². The molecule has 8 heteroatoms. The first-order valence-corrected chi connectivity index (χ1v) is 10.5. The summed E-state index contributed by atoms with van der Waals surface area (Å²) in [5, 5.41) is 15.4. The van der Waals surface area contributed by atoms with Crippen LogP contribution in [0.15, 0.2) is 30.6 Å². The number of likely N-dealkylation sites (tertiary alicyclic amines) is 1. The number of aromatic nitrogens is 4. The Morgan fingerprint density at radius 1 is 1.36 bits per heavy atom. The van der Waals surface area contributed by atoms with Crippen LogP contribution >= 0.6 is 11.6 Å². The zero-order valence-electron chi connectivity index (χ0n) is 16.6. The lowest BCUT2D eigenvalue weighted by Crippen LogP contribution is -2.45. The monoisotopic (exact) mass is 404 g/mol. The van der Waals surface area contributed by atoms with Crippen LogP contribution in [0.3, 0.4) is 0 Å². The van der Waals surface area contributed by atoms with E-state index in [2.05, 4.69) is 39.6 Å². The Hall–Kier alpha value is -1.99. The predicted molar refractivity (Wildman–Crippen MR) is 109 cm³/mol. The second-order valence-electron chi connectivity index (χ2n) is 7.50. The number of carbonyl (C=O) groups is 1. The lowest BCUT2D eigenvalue weighted by atomic mass is 10.0. The molecule has 1 aliphatic rings. The third-order valence-corrected chi connectivity index (χ3v) is 5.91. The number of carbonyl (C=O) groups excluding carboxylic acids is 1. The molecule has 152 valence electrons. The lowest BCUT2D eigenvalue weighted by molar-refractivity contribution is -0.125. The fourth-order valence-electron chi connectivity index (χ4n) is 3.90. The lowest BCUT2D eigenvalue weighted by Gasteiger charge is -2.27. The van der Waals surface area contributed by atoms with Crippen molar-refractivity contribution in [3.8, 4) is 0 Å². The van der Waals surface area contributed by atoms with Gasteiger partial charge in [0.15, 0.2) is 0 Å². The maximum atomic E-state index is 12.9. The SMILES string of the molecule is CCC(CC)CN1C[C@H](n2cnnn2)C[C@H]1C(=O)NCCc1cccc(Cl)c1. The van der Waals surface area contributed by atoms with E-state index < -0.39 is 0 Å². The van der Waals surface area contributed by atoms with Crippen molar-refractivity contribution >= 4 is 17.5 Å². The fourth-order valence-corrected chi connectivity index (χ4v) is 4.11. The van der Waals surface area contributed by atoms with Gasteiger partial charge in [0.25, 0.3) is 0 Å². The molecule has 0 aliphatic carbocycles. The smallest absolute Gasteiger partial charge is 0.237 e. The van der Waals surface area contributed by atoms with Crippen LogP contribution in [0.5, 0.6) is 0 Å². The van der Waals surface area contributed by atoms with Crippen LogP contribution in [0.25, 0.3) is 0 Å². The van der Waals surface area contributed by atoms with E-state index in [1.54, 1.807) is 11.0 Å². The van der Waals surface area contributed by atoms with Gasteiger partial charge in [-0.1, -0.05) is 50.4 Å². The van der Waals surface area contributed by atoms with E-state index in [1.807, 2.05) is 24.3 Å². The zero-order chi connectivity index (χ0) is 19.9. The minimum atomic E-state index is -0.144. The van der Waals surface area contributed by atoms with Crippen LogP contribution in [-0.4, -0.2) is 56.7 Å². The maximum absolute atomic E-state index is 12.9. The van der Waals surface area contributed by atoms with Crippen LogP contribution in [-0.2, 0) is 11.2 Å². The highest BCUT2D eigenvalue weighted by Gasteiger charge is 2.38.